The molecule has 0 heterocycles. The molecule has 0 aliphatic carbocycles. The summed E-state index contributed by atoms with van der Waals surface area (Å²) in [6.07, 6.45) is 2.17. The molecule has 6 nitrogen and oxygen atoms in total. The van der Waals surface area contributed by atoms with Crippen molar-refractivity contribution in [3.05, 3.63) is 23.4 Å². The molecule has 0 aromatic heterocycles. The summed E-state index contributed by atoms with van der Waals surface area (Å²) in [5.74, 6) is -3.30. The Bertz CT molecular complexity index is 286. The molecule has 0 aromatic carbocycles. The van der Waals surface area contributed by atoms with Crippen molar-refractivity contribution in [3.8, 4) is 0 Å². The lowest BCUT2D eigenvalue weighted by Gasteiger charge is -1.97. The van der Waals surface area contributed by atoms with E-state index in [0.717, 1.165) is 12.2 Å². The summed E-state index contributed by atoms with van der Waals surface area (Å²) in [5, 5.41) is 16.7. The van der Waals surface area contributed by atoms with Gasteiger partial charge in [0.2, 0.25) is 0 Å². The number of aliphatic carboxylic acids is 2. The lowest BCUT2D eigenvalue weighted by Crippen LogP contribution is -2.17. The van der Waals surface area contributed by atoms with E-state index in [0.29, 0.717) is 6.29 Å². The number of aldehydes is 1. The number of allylic oxidation sites excluding steroid dienone is 2. The maximum Gasteiger partial charge on any atom is 0.345 e. The summed E-state index contributed by atoms with van der Waals surface area (Å²) in [6.45, 7) is 0. The summed E-state index contributed by atoms with van der Waals surface area (Å²) in [4.78, 5) is 30.4. The van der Waals surface area contributed by atoms with Crippen molar-refractivity contribution in [2.24, 2.45) is 5.73 Å². The average molecular weight is 185 g/mol. The van der Waals surface area contributed by atoms with Crippen molar-refractivity contribution < 1.29 is 24.6 Å². The van der Waals surface area contributed by atoms with Gasteiger partial charge in [-0.1, -0.05) is 0 Å². The van der Waals surface area contributed by atoms with Gasteiger partial charge in [-0.25, -0.2) is 9.59 Å². The summed E-state index contributed by atoms with van der Waals surface area (Å²) in [7, 11) is 0. The largest absolute Gasteiger partial charge is 0.477 e. The molecule has 70 valence electrons. The molecule has 0 saturated carbocycles. The van der Waals surface area contributed by atoms with Gasteiger partial charge in [0.25, 0.3) is 0 Å². The normalized spacial score (nSPS) is 9.54. The van der Waals surface area contributed by atoms with Crippen LogP contribution in [0.25, 0.3) is 0 Å². The second-order valence-electron chi connectivity index (χ2n) is 1.94. The number of carbonyl (C=O) groups is 3. The van der Waals surface area contributed by atoms with Gasteiger partial charge in [0.15, 0.2) is 5.57 Å². The Hall–Kier alpha value is -2.11. The first-order valence-corrected chi connectivity index (χ1v) is 3.09. The van der Waals surface area contributed by atoms with Crippen LogP contribution in [0, 0.1) is 0 Å². The topological polar surface area (TPSA) is 118 Å². The number of carbonyl (C=O) groups excluding carboxylic acids is 1. The van der Waals surface area contributed by atoms with Crippen LogP contribution in [0.4, 0.5) is 0 Å². The van der Waals surface area contributed by atoms with E-state index >= 15 is 0 Å². The van der Waals surface area contributed by atoms with Gasteiger partial charge in [-0.3, -0.25) is 4.79 Å². The Labute approximate surface area is 73.0 Å². The van der Waals surface area contributed by atoms with Crippen LogP contribution in [-0.2, 0) is 14.4 Å². The van der Waals surface area contributed by atoms with Gasteiger partial charge in [0.1, 0.15) is 6.29 Å². The summed E-state index contributed by atoms with van der Waals surface area (Å²) in [5.41, 5.74) is 3.64. The molecule has 0 bridgehead atoms. The Kier molecular flexibility index (Phi) is 3.94. The minimum absolute atomic E-state index is 0.355. The Balaban J connectivity index is 5.09. The molecule has 0 rings (SSSR count). The molecule has 0 aromatic rings. The first kappa shape index (κ1) is 10.9. The fourth-order valence-corrected chi connectivity index (χ4v) is 0.565. The number of nitrogens with two attached hydrogens (primary N) is 1. The summed E-state index contributed by atoms with van der Waals surface area (Å²) >= 11 is 0. The zero-order valence-corrected chi connectivity index (χ0v) is 6.43. The lowest BCUT2D eigenvalue weighted by molar-refractivity contribution is -0.140. The third-order valence-electron chi connectivity index (χ3n) is 1.07. The van der Waals surface area contributed by atoms with E-state index in [4.69, 9.17) is 15.9 Å². The quantitative estimate of drug-likeness (QED) is 0.172. The molecule has 0 fully saturated rings. The van der Waals surface area contributed by atoms with Crippen molar-refractivity contribution in [2.75, 3.05) is 0 Å². The van der Waals surface area contributed by atoms with Crippen LogP contribution < -0.4 is 5.73 Å². The molecule has 0 atom stereocenters. The predicted molar refractivity (Wildman–Crippen MR) is 41.7 cm³/mol. The predicted octanol–water partition coefficient (Wildman–Crippen LogP) is -0.877. The molecule has 0 aliphatic rings. The Morgan fingerprint density at radius 3 is 1.92 bits per heavy atom. The highest BCUT2D eigenvalue weighted by molar-refractivity contribution is 6.13. The second kappa shape index (κ2) is 4.70. The van der Waals surface area contributed by atoms with Crippen molar-refractivity contribution in [2.45, 2.75) is 0 Å². The summed E-state index contributed by atoms with van der Waals surface area (Å²) < 4.78 is 0. The Morgan fingerprint density at radius 1 is 1.15 bits per heavy atom. The van der Waals surface area contributed by atoms with Gasteiger partial charge < -0.3 is 15.9 Å². The van der Waals surface area contributed by atoms with Crippen LogP contribution in [-0.4, -0.2) is 28.4 Å². The first-order chi connectivity index (χ1) is 6.00. The first-order valence-electron chi connectivity index (χ1n) is 3.09. The minimum atomic E-state index is -1.65. The van der Waals surface area contributed by atoms with Crippen LogP contribution in [0.15, 0.2) is 23.4 Å². The highest BCUT2D eigenvalue weighted by Gasteiger charge is 2.18. The van der Waals surface area contributed by atoms with Crippen LogP contribution in [0.1, 0.15) is 0 Å². The van der Waals surface area contributed by atoms with E-state index < -0.39 is 23.2 Å². The fourth-order valence-electron chi connectivity index (χ4n) is 0.565. The van der Waals surface area contributed by atoms with Gasteiger partial charge in [0, 0.05) is 0 Å². The van der Waals surface area contributed by atoms with E-state index in [1.807, 2.05) is 0 Å². The highest BCUT2D eigenvalue weighted by atomic mass is 16.4. The smallest absolute Gasteiger partial charge is 0.345 e. The van der Waals surface area contributed by atoms with E-state index in [-0.39, 0.29) is 0 Å². The third-order valence-corrected chi connectivity index (χ3v) is 1.07. The van der Waals surface area contributed by atoms with E-state index in [9.17, 15) is 14.4 Å². The van der Waals surface area contributed by atoms with Gasteiger partial charge in [-0.2, -0.15) is 0 Å². The fraction of sp³-hybridized carbons (Fsp3) is 0. The van der Waals surface area contributed by atoms with Crippen LogP contribution in [0.2, 0.25) is 0 Å². The number of carboxylic acids is 2. The molecule has 0 saturated heterocycles. The number of hydrogen-bond donors (Lipinski definition) is 3. The highest BCUT2D eigenvalue weighted by Crippen LogP contribution is 2.00. The van der Waals surface area contributed by atoms with Crippen LogP contribution >= 0.6 is 0 Å². The molecule has 0 unspecified atom stereocenters. The number of carboxylic acid groups (broad SMARTS) is 2. The summed E-state index contributed by atoms with van der Waals surface area (Å²) in [6, 6.07) is 0. The second-order valence-corrected chi connectivity index (χ2v) is 1.94. The molecular formula is C7H7NO5. The number of hydrogen-bond acceptors (Lipinski definition) is 4. The van der Waals surface area contributed by atoms with Crippen LogP contribution in [0.3, 0.4) is 0 Å². The zero-order valence-electron chi connectivity index (χ0n) is 6.43. The Morgan fingerprint density at radius 2 is 1.62 bits per heavy atom. The standard InChI is InChI=1S/C7H7NO5/c8-4(2-1-3-9)5(6(10)11)7(12)13/h1-3H,8H2,(H,10,11)(H,12,13). The minimum Gasteiger partial charge on any atom is -0.477 e. The van der Waals surface area contributed by atoms with E-state index in [1.54, 1.807) is 0 Å². The molecule has 6 heteroatoms. The van der Waals surface area contributed by atoms with E-state index in [2.05, 4.69) is 0 Å². The molecule has 0 spiro atoms. The maximum atomic E-state index is 10.3. The van der Waals surface area contributed by atoms with Crippen molar-refractivity contribution in [3.63, 3.8) is 0 Å². The maximum absolute atomic E-state index is 10.3. The molecule has 4 N–H and O–H groups in total. The van der Waals surface area contributed by atoms with Crippen molar-refractivity contribution in [1.82, 2.24) is 0 Å². The monoisotopic (exact) mass is 185 g/mol. The average Bonchev–Trinajstić information content (AvgIpc) is 1.99. The number of rotatable bonds is 4. The third kappa shape index (κ3) is 3.19. The van der Waals surface area contributed by atoms with Gasteiger partial charge in [0.05, 0.1) is 5.70 Å². The zero-order chi connectivity index (χ0) is 10.4. The van der Waals surface area contributed by atoms with Gasteiger partial charge >= 0.3 is 11.9 Å². The lowest BCUT2D eigenvalue weighted by atomic mass is 10.2. The van der Waals surface area contributed by atoms with Gasteiger partial charge in [-0.15, -0.1) is 0 Å². The molecule has 0 radical (unpaired) electrons. The molecule has 13 heavy (non-hydrogen) atoms. The molecular weight excluding hydrogens is 178 g/mol. The van der Waals surface area contributed by atoms with Crippen molar-refractivity contribution >= 4 is 18.2 Å². The van der Waals surface area contributed by atoms with Gasteiger partial charge in [-0.05, 0) is 12.2 Å². The molecule has 0 aliphatic heterocycles. The van der Waals surface area contributed by atoms with Crippen LogP contribution in [0.5, 0.6) is 0 Å². The van der Waals surface area contributed by atoms with Crippen molar-refractivity contribution in [1.29, 1.82) is 0 Å². The van der Waals surface area contributed by atoms with E-state index in [1.165, 1.54) is 0 Å². The SMILES string of the molecule is NC(C=CC=O)=C(C(=O)O)C(=O)O. The molecule has 0 amide bonds.